The maximum Gasteiger partial charge on any atom is 0.162 e. The van der Waals surface area contributed by atoms with Crippen LogP contribution in [-0.4, -0.2) is 34.9 Å². The van der Waals surface area contributed by atoms with Crippen molar-refractivity contribution >= 4 is 23.3 Å². The Morgan fingerprint density at radius 1 is 1.10 bits per heavy atom. The first-order valence-electron chi connectivity index (χ1n) is 9.31. The van der Waals surface area contributed by atoms with Crippen LogP contribution < -0.4 is 25.1 Å². The Morgan fingerprint density at radius 3 is 2.50 bits per heavy atom. The normalized spacial score (nSPS) is 12.9. The fourth-order valence-corrected chi connectivity index (χ4v) is 3.41. The number of methoxy groups -OCH3 is 2. The third-order valence-electron chi connectivity index (χ3n) is 4.76. The minimum atomic E-state index is 0.256. The number of para-hydroxylation sites is 1. The van der Waals surface area contributed by atoms with Crippen LogP contribution in [0.15, 0.2) is 59.9 Å². The fraction of sp³-hybridized carbons (Fsp3) is 0.238. The number of nitrogens with zero attached hydrogens (tertiary/aromatic N) is 5. The van der Waals surface area contributed by atoms with Gasteiger partial charge in [0.05, 0.1) is 25.3 Å². The summed E-state index contributed by atoms with van der Waals surface area (Å²) in [5, 5.41) is 3.19. The number of aryl methyl sites for hydroxylation is 1. The molecule has 0 bridgehead atoms. The minimum absolute atomic E-state index is 0.256. The van der Waals surface area contributed by atoms with E-state index in [0.717, 1.165) is 22.1 Å². The van der Waals surface area contributed by atoms with E-state index >= 15 is 0 Å². The summed E-state index contributed by atoms with van der Waals surface area (Å²) in [6.07, 6.45) is 3.61. The molecule has 0 amide bonds. The zero-order valence-corrected chi connectivity index (χ0v) is 17.7. The van der Waals surface area contributed by atoms with Crippen molar-refractivity contribution in [3.63, 3.8) is 0 Å². The lowest BCUT2D eigenvalue weighted by atomic mass is 10.2. The van der Waals surface area contributed by atoms with Gasteiger partial charge in [0.1, 0.15) is 19.1 Å². The van der Waals surface area contributed by atoms with Crippen LogP contribution in [0.25, 0.3) is 5.82 Å². The summed E-state index contributed by atoms with van der Waals surface area (Å²) >= 11 is 6.60. The van der Waals surface area contributed by atoms with Crippen LogP contribution in [0.3, 0.4) is 0 Å². The van der Waals surface area contributed by atoms with E-state index in [0.29, 0.717) is 17.3 Å². The number of benzene rings is 2. The molecule has 9 heteroatoms. The van der Waals surface area contributed by atoms with Crippen molar-refractivity contribution in [3.05, 3.63) is 71.3 Å². The van der Waals surface area contributed by atoms with Gasteiger partial charge in [0.15, 0.2) is 17.3 Å². The number of ether oxygens (including phenoxy) is 2. The highest BCUT2D eigenvalue weighted by molar-refractivity contribution is 6.17. The first-order chi connectivity index (χ1) is 14.6. The lowest BCUT2D eigenvalue weighted by Crippen LogP contribution is -2.44. The Balaban J connectivity index is 1.87. The molecule has 2 aromatic carbocycles. The lowest BCUT2D eigenvalue weighted by molar-refractivity contribution is 0.109. The third kappa shape index (κ3) is 3.79. The zero-order valence-electron chi connectivity index (χ0n) is 16.9. The van der Waals surface area contributed by atoms with E-state index in [9.17, 15) is 0 Å². The van der Waals surface area contributed by atoms with Gasteiger partial charge >= 0.3 is 0 Å². The van der Waals surface area contributed by atoms with Crippen molar-refractivity contribution < 1.29 is 14.3 Å². The molecule has 8 nitrogen and oxygen atoms in total. The average molecular weight is 428 g/mol. The van der Waals surface area contributed by atoms with Crippen molar-refractivity contribution in [2.24, 2.45) is 12.0 Å². The van der Waals surface area contributed by atoms with E-state index < -0.39 is 0 Å². The molecule has 1 aliphatic heterocycles. The molecule has 3 aromatic rings. The first kappa shape index (κ1) is 20.1. The second-order valence-corrected chi connectivity index (χ2v) is 6.98. The van der Waals surface area contributed by atoms with Gasteiger partial charge in [-0.3, -0.25) is 9.83 Å². The minimum Gasteiger partial charge on any atom is -0.493 e. The predicted octanol–water partition coefficient (Wildman–Crippen LogP) is 2.19. The Bertz CT molecular complexity index is 1150. The maximum absolute atomic E-state index is 6.60. The second kappa shape index (κ2) is 8.64. The number of hydroxylamine groups is 1. The topological polar surface area (TPSA) is 64.4 Å². The lowest BCUT2D eigenvalue weighted by Gasteiger charge is -2.31. The summed E-state index contributed by atoms with van der Waals surface area (Å²) in [5.41, 5.74) is 0.815. The number of rotatable bonds is 7. The summed E-state index contributed by atoms with van der Waals surface area (Å²) in [6.45, 7) is 0.515. The smallest absolute Gasteiger partial charge is 0.162 e. The van der Waals surface area contributed by atoms with Gasteiger partial charge in [-0.2, -0.15) is 0 Å². The number of anilines is 1. The predicted molar refractivity (Wildman–Crippen MR) is 113 cm³/mol. The van der Waals surface area contributed by atoms with E-state index in [-0.39, 0.29) is 13.3 Å². The monoisotopic (exact) mass is 427 g/mol. The molecule has 2 heterocycles. The summed E-state index contributed by atoms with van der Waals surface area (Å²) in [4.78, 5) is 15.1. The Morgan fingerprint density at radius 2 is 1.83 bits per heavy atom. The van der Waals surface area contributed by atoms with Crippen LogP contribution in [0.1, 0.15) is 5.82 Å². The van der Waals surface area contributed by atoms with E-state index in [4.69, 9.17) is 26.1 Å². The molecule has 0 atom stereocenters. The van der Waals surface area contributed by atoms with Crippen molar-refractivity contribution in [1.82, 2.24) is 14.0 Å². The molecule has 0 spiro atoms. The summed E-state index contributed by atoms with van der Waals surface area (Å²) < 4.78 is 14.3. The summed E-state index contributed by atoms with van der Waals surface area (Å²) in [7, 11) is 5.11. The Labute approximate surface area is 179 Å². The van der Waals surface area contributed by atoms with Crippen LogP contribution >= 0.6 is 11.8 Å². The number of imidazole rings is 1. The van der Waals surface area contributed by atoms with Crippen LogP contribution in [0.5, 0.6) is 11.5 Å². The molecule has 30 heavy (non-hydrogen) atoms. The van der Waals surface area contributed by atoms with Crippen molar-refractivity contribution in [2.75, 3.05) is 26.0 Å². The second-order valence-electron chi connectivity index (χ2n) is 6.57. The van der Waals surface area contributed by atoms with Gasteiger partial charge in [-0.15, -0.1) is 0 Å². The molecule has 0 unspecified atom stereocenters. The molecule has 0 saturated carbocycles. The molecule has 1 aliphatic rings. The van der Waals surface area contributed by atoms with E-state index in [1.165, 1.54) is 4.42 Å². The third-order valence-corrected chi connectivity index (χ3v) is 5.03. The molecule has 0 fully saturated rings. The fourth-order valence-electron chi connectivity index (χ4n) is 3.20. The highest BCUT2D eigenvalue weighted by Crippen LogP contribution is 2.27. The van der Waals surface area contributed by atoms with Crippen molar-refractivity contribution in [3.8, 4) is 11.5 Å². The van der Waals surface area contributed by atoms with Crippen molar-refractivity contribution in [2.45, 2.75) is 6.61 Å². The number of hydrogen-bond acceptors (Lipinski definition) is 7. The van der Waals surface area contributed by atoms with Gasteiger partial charge in [-0.05, 0) is 18.2 Å². The first-order valence-corrected chi connectivity index (χ1v) is 9.64. The van der Waals surface area contributed by atoms with Gasteiger partial charge < -0.3 is 14.0 Å². The molecule has 156 valence electrons. The molecular formula is C21H22ClN5O3. The number of aromatic nitrogens is 2. The Hall–Kier alpha value is -3.23. The van der Waals surface area contributed by atoms with Gasteiger partial charge in [0.25, 0.3) is 0 Å². The van der Waals surface area contributed by atoms with Gasteiger partial charge in [0.2, 0.25) is 0 Å². The van der Waals surface area contributed by atoms with Gasteiger partial charge in [-0.1, -0.05) is 18.2 Å². The largest absolute Gasteiger partial charge is 0.493 e. The van der Waals surface area contributed by atoms with Gasteiger partial charge in [0, 0.05) is 42.5 Å². The molecule has 1 aromatic heterocycles. The molecular weight excluding hydrogens is 406 g/mol. The standard InChI is InChI=1S/C21H22ClN5O3/c1-25-10-9-23-20(25)13-30-27(15-7-5-4-6-8-15)21-16-11-18(28-2)19(29-3)12-17(16)24-14-26(21)22/h4-12H,13-14H2,1-3H3. The summed E-state index contributed by atoms with van der Waals surface area (Å²) in [6, 6.07) is 13.4. The number of hydrogen-bond donors (Lipinski definition) is 0. The van der Waals surface area contributed by atoms with Crippen LogP contribution in [0, 0.1) is 0 Å². The van der Waals surface area contributed by atoms with E-state index in [1.807, 2.05) is 60.3 Å². The van der Waals surface area contributed by atoms with E-state index in [2.05, 4.69) is 9.98 Å². The van der Waals surface area contributed by atoms with E-state index in [1.54, 1.807) is 25.5 Å². The Kier molecular flexibility index (Phi) is 5.78. The SMILES string of the molecule is COc1cc2c(cc1OC)=C(N(OCc1nccn1C)c1ccccc1)N(Cl)CN=2. The van der Waals surface area contributed by atoms with Crippen molar-refractivity contribution in [1.29, 1.82) is 0 Å². The molecule has 0 saturated heterocycles. The average Bonchev–Trinajstić information content (AvgIpc) is 3.19. The van der Waals surface area contributed by atoms with Gasteiger partial charge in [-0.25, -0.2) is 14.5 Å². The highest BCUT2D eigenvalue weighted by atomic mass is 35.5. The maximum atomic E-state index is 6.60. The van der Waals surface area contributed by atoms with Crippen LogP contribution in [0.4, 0.5) is 5.69 Å². The zero-order chi connectivity index (χ0) is 21.1. The number of halogens is 1. The number of fused-ring (bicyclic) bond motifs is 1. The molecule has 4 rings (SSSR count). The quantitative estimate of drug-likeness (QED) is 0.425. The molecule has 0 radical (unpaired) electrons. The van der Waals surface area contributed by atoms with Crippen LogP contribution in [0.2, 0.25) is 0 Å². The summed E-state index contributed by atoms with van der Waals surface area (Å²) in [5.74, 6) is 2.59. The molecule has 0 aliphatic carbocycles. The highest BCUT2D eigenvalue weighted by Gasteiger charge is 2.24. The van der Waals surface area contributed by atoms with Crippen LogP contribution in [-0.2, 0) is 18.5 Å². The molecule has 0 N–H and O–H groups in total.